The van der Waals surface area contributed by atoms with Gasteiger partial charge >= 0.3 is 0 Å². The first-order valence-corrected chi connectivity index (χ1v) is 7.52. The summed E-state index contributed by atoms with van der Waals surface area (Å²) in [7, 11) is 2.88. The van der Waals surface area contributed by atoms with E-state index in [4.69, 9.17) is 6.42 Å². The molecule has 0 radical (unpaired) electrons. The van der Waals surface area contributed by atoms with Gasteiger partial charge in [0.15, 0.2) is 0 Å². The number of terminal acetylenes is 1. The lowest BCUT2D eigenvalue weighted by Gasteiger charge is -2.16. The Bertz CT molecular complexity index is 622. The van der Waals surface area contributed by atoms with Crippen LogP contribution in [-0.4, -0.2) is 0 Å². The number of hydrogen-bond donors (Lipinski definition) is 0. The van der Waals surface area contributed by atoms with E-state index in [1.165, 1.54) is 44.3 Å². The molecule has 1 heteroatoms. The maximum atomic E-state index is 5.35. The van der Waals surface area contributed by atoms with Gasteiger partial charge in [-0.05, 0) is 92.7 Å². The summed E-state index contributed by atoms with van der Waals surface area (Å²) in [5, 5.41) is 1.30. The van der Waals surface area contributed by atoms with Crippen molar-refractivity contribution in [2.75, 3.05) is 0 Å². The lowest BCUT2D eigenvalue weighted by atomic mass is 9.92. The molecule has 0 aliphatic carbocycles. The summed E-state index contributed by atoms with van der Waals surface area (Å²) >= 11 is 0. The zero-order valence-electron chi connectivity index (χ0n) is 13.5. The van der Waals surface area contributed by atoms with Crippen LogP contribution in [-0.2, 0) is 6.42 Å². The van der Waals surface area contributed by atoms with Gasteiger partial charge in [-0.25, -0.2) is 0 Å². The molecule has 1 atom stereocenters. The molecule has 0 saturated heterocycles. The second-order valence-electron chi connectivity index (χ2n) is 5.59. The van der Waals surface area contributed by atoms with Crippen molar-refractivity contribution in [2.24, 2.45) is 0 Å². The normalized spacial score (nSPS) is 13.0. The number of hydrogen-bond acceptors (Lipinski definition) is 0. The lowest BCUT2D eigenvalue weighted by Crippen LogP contribution is -2.09. The average molecular weight is 284 g/mol. The molecule has 0 amide bonds. The van der Waals surface area contributed by atoms with Crippen molar-refractivity contribution in [1.82, 2.24) is 0 Å². The Kier molecular flexibility index (Phi) is 5.79. The molecule has 0 bridgehead atoms. The van der Waals surface area contributed by atoms with E-state index < -0.39 is 0 Å². The maximum absolute atomic E-state index is 5.35. The summed E-state index contributed by atoms with van der Waals surface area (Å²) in [6, 6.07) is 2.26. The Morgan fingerprint density at radius 2 is 1.80 bits per heavy atom. The van der Waals surface area contributed by atoms with Crippen molar-refractivity contribution in [1.29, 1.82) is 0 Å². The number of rotatable bonds is 3. The van der Waals surface area contributed by atoms with Crippen LogP contribution in [0.3, 0.4) is 0 Å². The van der Waals surface area contributed by atoms with Crippen molar-refractivity contribution in [2.45, 2.75) is 48.0 Å². The predicted octanol–water partition coefficient (Wildman–Crippen LogP) is 4.57. The van der Waals surface area contributed by atoms with Crippen molar-refractivity contribution in [3.63, 3.8) is 0 Å². The average Bonchev–Trinajstić information content (AvgIpc) is 2.40. The molecule has 1 aromatic carbocycles. The Morgan fingerprint density at radius 1 is 1.20 bits per heavy atom. The standard InChI is InChI=1S/C19H25P/c1-8-9-12(2)15(5)13(3)10-18-17(7)16(6)14(4)11-19(18)20/h1,9,11H,10,20H2,2-7H3/b12-9-,15-13-. The summed E-state index contributed by atoms with van der Waals surface area (Å²) in [6.45, 7) is 13.0. The molecule has 0 spiro atoms. The molecule has 1 unspecified atom stereocenters. The Balaban J connectivity index is 3.25. The van der Waals surface area contributed by atoms with Crippen LogP contribution < -0.4 is 5.30 Å². The summed E-state index contributed by atoms with van der Waals surface area (Å²) in [5.41, 5.74) is 9.43. The van der Waals surface area contributed by atoms with E-state index >= 15 is 0 Å². The minimum absolute atomic E-state index is 0.980. The largest absolute Gasteiger partial charge is 0.115 e. The van der Waals surface area contributed by atoms with Crippen molar-refractivity contribution < 1.29 is 0 Å². The summed E-state index contributed by atoms with van der Waals surface area (Å²) in [5.74, 6) is 2.61. The number of aryl methyl sites for hydroxylation is 1. The first-order chi connectivity index (χ1) is 9.29. The molecule has 0 aliphatic rings. The van der Waals surface area contributed by atoms with Crippen molar-refractivity contribution in [3.05, 3.63) is 51.1 Å². The molecular formula is C19H25P. The van der Waals surface area contributed by atoms with Crippen molar-refractivity contribution in [3.8, 4) is 12.3 Å². The Hall–Kier alpha value is -1.31. The molecule has 106 valence electrons. The van der Waals surface area contributed by atoms with E-state index in [0.29, 0.717) is 0 Å². The molecule has 0 aromatic heterocycles. The fourth-order valence-electron chi connectivity index (χ4n) is 2.37. The van der Waals surface area contributed by atoms with Gasteiger partial charge in [-0.2, -0.15) is 0 Å². The maximum Gasteiger partial charge on any atom is -0.00552 e. The summed E-state index contributed by atoms with van der Waals surface area (Å²) in [6.07, 6.45) is 8.17. The van der Waals surface area contributed by atoms with Gasteiger partial charge in [-0.15, -0.1) is 15.7 Å². The van der Waals surface area contributed by atoms with Crippen LogP contribution in [0.15, 0.2) is 28.9 Å². The van der Waals surface area contributed by atoms with E-state index in [1.54, 1.807) is 0 Å². The quantitative estimate of drug-likeness (QED) is 0.433. The Labute approximate surface area is 126 Å². The number of benzene rings is 1. The Morgan fingerprint density at radius 3 is 2.35 bits per heavy atom. The van der Waals surface area contributed by atoms with Gasteiger partial charge in [-0.1, -0.05) is 17.6 Å². The van der Waals surface area contributed by atoms with Crippen LogP contribution in [0.2, 0.25) is 0 Å². The highest BCUT2D eigenvalue weighted by Crippen LogP contribution is 2.23. The van der Waals surface area contributed by atoms with E-state index in [1.807, 2.05) is 6.08 Å². The van der Waals surface area contributed by atoms with Crippen LogP contribution in [0, 0.1) is 33.1 Å². The summed E-state index contributed by atoms with van der Waals surface area (Å²) in [4.78, 5) is 0. The minimum atomic E-state index is 0.980. The number of allylic oxidation sites excluding steroid dienone is 4. The highest BCUT2D eigenvalue weighted by molar-refractivity contribution is 7.27. The third-order valence-corrected chi connectivity index (χ3v) is 4.82. The van der Waals surface area contributed by atoms with Crippen LogP contribution in [0.4, 0.5) is 0 Å². The fourth-order valence-corrected chi connectivity index (χ4v) is 2.94. The molecule has 0 aliphatic heterocycles. The molecule has 0 nitrogen and oxygen atoms in total. The first-order valence-electron chi connectivity index (χ1n) is 6.94. The highest BCUT2D eigenvalue weighted by atomic mass is 31.0. The molecule has 1 aromatic rings. The van der Waals surface area contributed by atoms with Crippen LogP contribution in [0.5, 0.6) is 0 Å². The summed E-state index contributed by atoms with van der Waals surface area (Å²) < 4.78 is 0. The fraction of sp³-hybridized carbons (Fsp3) is 0.368. The van der Waals surface area contributed by atoms with Crippen LogP contribution in [0.25, 0.3) is 0 Å². The van der Waals surface area contributed by atoms with E-state index in [-0.39, 0.29) is 0 Å². The highest BCUT2D eigenvalue weighted by Gasteiger charge is 2.10. The van der Waals surface area contributed by atoms with Crippen LogP contribution >= 0.6 is 9.24 Å². The van der Waals surface area contributed by atoms with E-state index in [2.05, 4.69) is 62.8 Å². The molecule has 20 heavy (non-hydrogen) atoms. The molecule has 0 fully saturated rings. The van der Waals surface area contributed by atoms with E-state index in [0.717, 1.165) is 6.42 Å². The van der Waals surface area contributed by atoms with Crippen LogP contribution in [0.1, 0.15) is 43.0 Å². The molecule has 0 saturated carbocycles. The molecule has 0 heterocycles. The van der Waals surface area contributed by atoms with Gasteiger partial charge in [0, 0.05) is 0 Å². The zero-order chi connectivity index (χ0) is 15.4. The first kappa shape index (κ1) is 16.7. The lowest BCUT2D eigenvalue weighted by molar-refractivity contribution is 1.07. The van der Waals surface area contributed by atoms with Gasteiger partial charge in [0.25, 0.3) is 0 Å². The topological polar surface area (TPSA) is 0 Å². The molecule has 1 rings (SSSR count). The van der Waals surface area contributed by atoms with Crippen molar-refractivity contribution >= 4 is 14.5 Å². The SMILES string of the molecule is C#C/C=C(C)\C(C)=C(\C)Cc1c(P)cc(C)c(C)c1C. The molecular weight excluding hydrogens is 259 g/mol. The second kappa shape index (κ2) is 6.92. The smallest absolute Gasteiger partial charge is 0.00552 e. The van der Waals surface area contributed by atoms with Gasteiger partial charge in [0.05, 0.1) is 0 Å². The predicted molar refractivity (Wildman–Crippen MR) is 94.7 cm³/mol. The third kappa shape index (κ3) is 3.62. The monoisotopic (exact) mass is 284 g/mol. The van der Waals surface area contributed by atoms with Gasteiger partial charge < -0.3 is 0 Å². The third-order valence-electron chi connectivity index (χ3n) is 4.30. The van der Waals surface area contributed by atoms with Gasteiger partial charge in [0.1, 0.15) is 0 Å². The molecule has 0 N–H and O–H groups in total. The zero-order valence-corrected chi connectivity index (χ0v) is 14.7. The van der Waals surface area contributed by atoms with Gasteiger partial charge in [0.2, 0.25) is 0 Å². The minimum Gasteiger partial charge on any atom is -0.115 e. The van der Waals surface area contributed by atoms with Gasteiger partial charge in [-0.3, -0.25) is 0 Å². The second-order valence-corrected chi connectivity index (χ2v) is 6.21. The van der Waals surface area contributed by atoms with E-state index in [9.17, 15) is 0 Å².